The third-order valence-corrected chi connectivity index (χ3v) is 2.35. The van der Waals surface area contributed by atoms with Crippen LogP contribution >= 0.6 is 11.6 Å². The summed E-state index contributed by atoms with van der Waals surface area (Å²) in [5, 5.41) is 11.0. The molecule has 4 nitrogen and oxygen atoms in total. The van der Waals surface area contributed by atoms with Crippen molar-refractivity contribution in [2.75, 3.05) is 0 Å². The van der Waals surface area contributed by atoms with Gasteiger partial charge in [-0.15, -0.1) is 0 Å². The summed E-state index contributed by atoms with van der Waals surface area (Å²) < 4.78 is 12.8. The van der Waals surface area contributed by atoms with Gasteiger partial charge in [0.1, 0.15) is 5.82 Å². The van der Waals surface area contributed by atoms with Crippen LogP contribution in [-0.2, 0) is 4.79 Å². The predicted molar refractivity (Wildman–Crippen MR) is 60.6 cm³/mol. The SMILES string of the molecule is CC(CC(=O)O)NC(=O)c1ccc(F)cc1Cl. The van der Waals surface area contributed by atoms with Gasteiger partial charge in [-0.2, -0.15) is 0 Å². The number of amides is 1. The van der Waals surface area contributed by atoms with E-state index < -0.39 is 23.7 Å². The van der Waals surface area contributed by atoms with Crippen molar-refractivity contribution < 1.29 is 19.1 Å². The van der Waals surface area contributed by atoms with Crippen LogP contribution in [0.5, 0.6) is 0 Å². The molecule has 1 aromatic carbocycles. The minimum absolute atomic E-state index is 0.00924. The third kappa shape index (κ3) is 4.03. The number of rotatable bonds is 4. The zero-order chi connectivity index (χ0) is 13.0. The Bertz CT molecular complexity index is 450. The number of carboxylic acids is 1. The summed E-state index contributed by atoms with van der Waals surface area (Å²) in [5.74, 6) is -2.07. The lowest BCUT2D eigenvalue weighted by Crippen LogP contribution is -2.34. The molecule has 1 rings (SSSR count). The first kappa shape index (κ1) is 13.4. The molecule has 2 N–H and O–H groups in total. The Balaban J connectivity index is 2.73. The largest absolute Gasteiger partial charge is 0.481 e. The van der Waals surface area contributed by atoms with Crippen molar-refractivity contribution in [2.45, 2.75) is 19.4 Å². The standard InChI is InChI=1S/C11H11ClFNO3/c1-6(4-10(15)16)14-11(17)8-3-2-7(13)5-9(8)12/h2-3,5-6H,4H2,1H3,(H,14,17)(H,15,16). The molecule has 17 heavy (non-hydrogen) atoms. The summed E-state index contributed by atoms with van der Waals surface area (Å²) in [4.78, 5) is 22.1. The maximum absolute atomic E-state index is 12.8. The number of aliphatic carboxylic acids is 1. The van der Waals surface area contributed by atoms with Gasteiger partial charge in [0.05, 0.1) is 17.0 Å². The lowest BCUT2D eigenvalue weighted by atomic mass is 10.1. The topological polar surface area (TPSA) is 66.4 Å². The van der Waals surface area contributed by atoms with E-state index in [0.717, 1.165) is 12.1 Å². The molecule has 0 bridgehead atoms. The molecule has 1 atom stereocenters. The highest BCUT2D eigenvalue weighted by molar-refractivity contribution is 6.33. The highest BCUT2D eigenvalue weighted by Crippen LogP contribution is 2.17. The zero-order valence-corrected chi connectivity index (χ0v) is 9.79. The van der Waals surface area contributed by atoms with Crippen LogP contribution < -0.4 is 5.32 Å². The van der Waals surface area contributed by atoms with E-state index in [-0.39, 0.29) is 17.0 Å². The Labute approximate surface area is 102 Å². The molecule has 0 aliphatic rings. The molecule has 0 aliphatic carbocycles. The van der Waals surface area contributed by atoms with Crippen LogP contribution in [0.2, 0.25) is 5.02 Å². The quantitative estimate of drug-likeness (QED) is 0.870. The number of nitrogens with one attached hydrogen (secondary N) is 1. The summed E-state index contributed by atoms with van der Waals surface area (Å²) >= 11 is 5.70. The molecule has 6 heteroatoms. The molecular formula is C11H11ClFNO3. The van der Waals surface area contributed by atoms with Crippen LogP contribution in [0.3, 0.4) is 0 Å². The monoisotopic (exact) mass is 259 g/mol. The third-order valence-electron chi connectivity index (χ3n) is 2.03. The van der Waals surface area contributed by atoms with Crippen molar-refractivity contribution >= 4 is 23.5 Å². The number of benzene rings is 1. The van der Waals surface area contributed by atoms with Crippen LogP contribution in [0.1, 0.15) is 23.7 Å². The van der Waals surface area contributed by atoms with Crippen molar-refractivity contribution in [3.8, 4) is 0 Å². The van der Waals surface area contributed by atoms with Crippen molar-refractivity contribution in [3.63, 3.8) is 0 Å². The van der Waals surface area contributed by atoms with E-state index in [1.54, 1.807) is 6.92 Å². The molecule has 1 aromatic rings. The molecular weight excluding hydrogens is 249 g/mol. The molecule has 0 spiro atoms. The summed E-state index contributed by atoms with van der Waals surface area (Å²) in [5.41, 5.74) is 0.116. The molecule has 0 aliphatic heterocycles. The number of hydrogen-bond acceptors (Lipinski definition) is 2. The van der Waals surface area contributed by atoms with E-state index in [9.17, 15) is 14.0 Å². The fourth-order valence-corrected chi connectivity index (χ4v) is 1.54. The molecule has 1 amide bonds. The fourth-order valence-electron chi connectivity index (χ4n) is 1.29. The van der Waals surface area contributed by atoms with Crippen molar-refractivity contribution in [1.82, 2.24) is 5.32 Å². The molecule has 1 unspecified atom stereocenters. The average Bonchev–Trinajstić information content (AvgIpc) is 2.15. The fraction of sp³-hybridized carbons (Fsp3) is 0.273. The zero-order valence-electron chi connectivity index (χ0n) is 9.04. The summed E-state index contributed by atoms with van der Waals surface area (Å²) in [6.45, 7) is 1.56. The van der Waals surface area contributed by atoms with Crippen LogP contribution in [0, 0.1) is 5.82 Å². The van der Waals surface area contributed by atoms with Gasteiger partial charge in [-0.1, -0.05) is 11.6 Å². The van der Waals surface area contributed by atoms with Crippen LogP contribution in [0.25, 0.3) is 0 Å². The van der Waals surface area contributed by atoms with E-state index in [4.69, 9.17) is 16.7 Å². The smallest absolute Gasteiger partial charge is 0.305 e. The highest BCUT2D eigenvalue weighted by Gasteiger charge is 2.15. The first-order chi connectivity index (χ1) is 7.90. The summed E-state index contributed by atoms with van der Waals surface area (Å²) in [6, 6.07) is 2.86. The Morgan fingerprint density at radius 3 is 2.71 bits per heavy atom. The second-order valence-corrected chi connectivity index (χ2v) is 4.00. The molecule has 0 saturated heterocycles. The number of carbonyl (C=O) groups is 2. The second-order valence-electron chi connectivity index (χ2n) is 3.60. The van der Waals surface area contributed by atoms with E-state index in [2.05, 4.69) is 5.32 Å². The van der Waals surface area contributed by atoms with Gasteiger partial charge >= 0.3 is 5.97 Å². The second kappa shape index (κ2) is 5.63. The Morgan fingerprint density at radius 1 is 1.53 bits per heavy atom. The van der Waals surface area contributed by atoms with Gasteiger partial charge in [0.2, 0.25) is 0 Å². The maximum Gasteiger partial charge on any atom is 0.305 e. The van der Waals surface area contributed by atoms with E-state index in [1.807, 2.05) is 0 Å². The maximum atomic E-state index is 12.8. The van der Waals surface area contributed by atoms with E-state index in [1.165, 1.54) is 6.07 Å². The van der Waals surface area contributed by atoms with E-state index in [0.29, 0.717) is 0 Å². The van der Waals surface area contributed by atoms with Crippen molar-refractivity contribution in [3.05, 3.63) is 34.6 Å². The van der Waals surface area contributed by atoms with Crippen LogP contribution in [0.4, 0.5) is 4.39 Å². The van der Waals surface area contributed by atoms with Gasteiger partial charge < -0.3 is 10.4 Å². The minimum Gasteiger partial charge on any atom is -0.481 e. The van der Waals surface area contributed by atoms with Crippen LogP contribution in [0.15, 0.2) is 18.2 Å². The normalized spacial score (nSPS) is 11.9. The van der Waals surface area contributed by atoms with Gasteiger partial charge in [-0.05, 0) is 25.1 Å². The van der Waals surface area contributed by atoms with Crippen molar-refractivity contribution in [1.29, 1.82) is 0 Å². The summed E-state index contributed by atoms with van der Waals surface area (Å²) in [6.07, 6.45) is -0.190. The number of hydrogen-bond donors (Lipinski definition) is 2. The Kier molecular flexibility index (Phi) is 4.45. The van der Waals surface area contributed by atoms with Gasteiger partial charge in [0.15, 0.2) is 0 Å². The first-order valence-electron chi connectivity index (χ1n) is 4.88. The van der Waals surface area contributed by atoms with E-state index >= 15 is 0 Å². The van der Waals surface area contributed by atoms with Crippen LogP contribution in [-0.4, -0.2) is 23.0 Å². The summed E-state index contributed by atoms with van der Waals surface area (Å²) in [7, 11) is 0. The molecule has 0 fully saturated rings. The number of carbonyl (C=O) groups excluding carboxylic acids is 1. The minimum atomic E-state index is -1.01. The van der Waals surface area contributed by atoms with Crippen molar-refractivity contribution in [2.24, 2.45) is 0 Å². The number of halogens is 2. The van der Waals surface area contributed by atoms with Gasteiger partial charge in [0.25, 0.3) is 5.91 Å². The lowest BCUT2D eigenvalue weighted by Gasteiger charge is -2.12. The first-order valence-corrected chi connectivity index (χ1v) is 5.25. The predicted octanol–water partition coefficient (Wildman–Crippen LogP) is 2.07. The average molecular weight is 260 g/mol. The number of carboxylic acid groups (broad SMARTS) is 1. The van der Waals surface area contributed by atoms with Gasteiger partial charge in [-0.25, -0.2) is 4.39 Å². The molecule has 92 valence electrons. The molecule has 0 aromatic heterocycles. The highest BCUT2D eigenvalue weighted by atomic mass is 35.5. The van der Waals surface area contributed by atoms with Gasteiger partial charge in [-0.3, -0.25) is 9.59 Å². The molecule has 0 radical (unpaired) electrons. The van der Waals surface area contributed by atoms with Gasteiger partial charge in [0, 0.05) is 6.04 Å². The lowest BCUT2D eigenvalue weighted by molar-refractivity contribution is -0.137. The molecule has 0 saturated carbocycles. The Morgan fingerprint density at radius 2 is 2.18 bits per heavy atom. The molecule has 0 heterocycles. The Hall–Kier alpha value is -1.62.